The Morgan fingerprint density at radius 3 is 2.86 bits per heavy atom. The molecule has 0 unspecified atom stereocenters. The number of halogens is 1. The first-order valence-corrected chi connectivity index (χ1v) is 9.00. The van der Waals surface area contributed by atoms with Crippen LogP contribution < -0.4 is 10.6 Å². The molecule has 114 valence electrons. The maximum atomic E-state index is 6.13. The second-order valence-corrected chi connectivity index (χ2v) is 7.17. The molecule has 2 nitrogen and oxygen atoms in total. The van der Waals surface area contributed by atoms with Crippen LogP contribution in [0.2, 0.25) is 5.02 Å². The van der Waals surface area contributed by atoms with Gasteiger partial charge in [0.25, 0.3) is 0 Å². The molecule has 0 aliphatic carbocycles. The first kappa shape index (κ1) is 15.7. The van der Waals surface area contributed by atoms with Gasteiger partial charge in [-0.25, -0.2) is 0 Å². The van der Waals surface area contributed by atoms with E-state index in [1.807, 2.05) is 42.1 Å². The molecule has 0 saturated carbocycles. The van der Waals surface area contributed by atoms with Gasteiger partial charge in [0.05, 0.1) is 6.04 Å². The summed E-state index contributed by atoms with van der Waals surface area (Å²) < 4.78 is 0. The van der Waals surface area contributed by atoms with Crippen LogP contribution in [0, 0.1) is 0 Å². The standard InChI is InChI=1S/C17H17ClN2S2/c18-13-6-7-16-14(10-13)15(8-9-22-16)20-17(21)19-11-12-4-2-1-3-5-12/h1-7,10,15H,8-9,11H2,(H2,19,20,21)/t15-/m1/s1. The number of fused-ring (bicyclic) bond motifs is 1. The summed E-state index contributed by atoms with van der Waals surface area (Å²) in [6.07, 6.45) is 1.05. The Hall–Kier alpha value is -1.23. The van der Waals surface area contributed by atoms with Crippen molar-refractivity contribution in [2.75, 3.05) is 5.75 Å². The van der Waals surface area contributed by atoms with Gasteiger partial charge >= 0.3 is 0 Å². The first-order chi connectivity index (χ1) is 10.7. The van der Waals surface area contributed by atoms with E-state index in [2.05, 4.69) is 28.8 Å². The third-order valence-electron chi connectivity index (χ3n) is 3.61. The Morgan fingerprint density at radius 1 is 1.23 bits per heavy atom. The second kappa shape index (κ2) is 7.36. The number of hydrogen-bond donors (Lipinski definition) is 2. The van der Waals surface area contributed by atoms with Gasteiger partial charge in [-0.05, 0) is 48.0 Å². The summed E-state index contributed by atoms with van der Waals surface area (Å²) in [7, 11) is 0. The van der Waals surface area contributed by atoms with Gasteiger partial charge in [0, 0.05) is 22.2 Å². The number of rotatable bonds is 3. The third-order valence-corrected chi connectivity index (χ3v) is 5.23. The van der Waals surface area contributed by atoms with Crippen molar-refractivity contribution in [2.45, 2.75) is 23.9 Å². The van der Waals surface area contributed by atoms with Crippen molar-refractivity contribution >= 4 is 40.7 Å². The van der Waals surface area contributed by atoms with Crippen LogP contribution in [0.1, 0.15) is 23.6 Å². The molecular formula is C17H17ClN2S2. The van der Waals surface area contributed by atoms with Crippen molar-refractivity contribution in [1.82, 2.24) is 10.6 Å². The topological polar surface area (TPSA) is 24.1 Å². The van der Waals surface area contributed by atoms with E-state index in [1.54, 1.807) is 0 Å². The molecule has 1 atom stereocenters. The highest BCUT2D eigenvalue weighted by Gasteiger charge is 2.21. The molecule has 0 spiro atoms. The normalized spacial score (nSPS) is 16.7. The highest BCUT2D eigenvalue weighted by molar-refractivity contribution is 7.99. The summed E-state index contributed by atoms with van der Waals surface area (Å²) in [6.45, 7) is 0.733. The van der Waals surface area contributed by atoms with Crippen molar-refractivity contribution in [3.8, 4) is 0 Å². The fourth-order valence-corrected chi connectivity index (χ4v) is 4.00. The summed E-state index contributed by atoms with van der Waals surface area (Å²) >= 11 is 13.4. The van der Waals surface area contributed by atoms with Gasteiger partial charge in [-0.15, -0.1) is 11.8 Å². The predicted molar refractivity (Wildman–Crippen MR) is 98.5 cm³/mol. The van der Waals surface area contributed by atoms with E-state index in [-0.39, 0.29) is 6.04 Å². The van der Waals surface area contributed by atoms with Crippen LogP contribution in [0.5, 0.6) is 0 Å². The third kappa shape index (κ3) is 3.94. The molecule has 0 saturated heterocycles. The zero-order valence-corrected chi connectivity index (χ0v) is 14.4. The van der Waals surface area contributed by atoms with Crippen LogP contribution in [0.3, 0.4) is 0 Å². The maximum Gasteiger partial charge on any atom is 0.167 e. The molecular weight excluding hydrogens is 332 g/mol. The molecule has 0 bridgehead atoms. The number of nitrogens with one attached hydrogen (secondary N) is 2. The molecule has 1 aliphatic heterocycles. The van der Waals surface area contributed by atoms with Crippen molar-refractivity contribution in [1.29, 1.82) is 0 Å². The number of thiocarbonyl (C=S) groups is 1. The van der Waals surface area contributed by atoms with Crippen molar-refractivity contribution < 1.29 is 0 Å². The van der Waals surface area contributed by atoms with Gasteiger partial charge in [-0.3, -0.25) is 0 Å². The molecule has 1 aliphatic rings. The van der Waals surface area contributed by atoms with Gasteiger partial charge < -0.3 is 10.6 Å². The van der Waals surface area contributed by atoms with Crippen LogP contribution in [0.25, 0.3) is 0 Å². The molecule has 2 aromatic carbocycles. The number of hydrogen-bond acceptors (Lipinski definition) is 2. The molecule has 0 aromatic heterocycles. The fraction of sp³-hybridized carbons (Fsp3) is 0.235. The lowest BCUT2D eigenvalue weighted by Gasteiger charge is -2.27. The van der Waals surface area contributed by atoms with E-state index in [9.17, 15) is 0 Å². The van der Waals surface area contributed by atoms with E-state index in [0.717, 1.165) is 23.7 Å². The molecule has 2 aromatic rings. The average molecular weight is 349 g/mol. The van der Waals surface area contributed by atoms with Gasteiger partial charge in [0.2, 0.25) is 0 Å². The van der Waals surface area contributed by atoms with E-state index in [0.29, 0.717) is 5.11 Å². The van der Waals surface area contributed by atoms with Gasteiger partial charge in [0.15, 0.2) is 5.11 Å². The molecule has 5 heteroatoms. The smallest absolute Gasteiger partial charge is 0.167 e. The minimum Gasteiger partial charge on any atom is -0.359 e. The van der Waals surface area contributed by atoms with E-state index >= 15 is 0 Å². The van der Waals surface area contributed by atoms with Crippen LogP contribution in [-0.2, 0) is 6.54 Å². The van der Waals surface area contributed by atoms with E-state index < -0.39 is 0 Å². The minimum absolute atomic E-state index is 0.228. The first-order valence-electron chi connectivity index (χ1n) is 7.23. The average Bonchev–Trinajstić information content (AvgIpc) is 2.54. The number of thioether (sulfide) groups is 1. The Kier molecular flexibility index (Phi) is 5.24. The summed E-state index contributed by atoms with van der Waals surface area (Å²) in [6, 6.07) is 16.6. The molecule has 22 heavy (non-hydrogen) atoms. The van der Waals surface area contributed by atoms with Crippen molar-refractivity contribution in [3.05, 3.63) is 64.7 Å². The van der Waals surface area contributed by atoms with Crippen molar-refractivity contribution in [3.63, 3.8) is 0 Å². The molecule has 0 fully saturated rings. The zero-order valence-electron chi connectivity index (χ0n) is 12.0. The summed E-state index contributed by atoms with van der Waals surface area (Å²) in [5.41, 5.74) is 2.46. The molecule has 0 amide bonds. The lowest BCUT2D eigenvalue weighted by Crippen LogP contribution is -2.38. The van der Waals surface area contributed by atoms with Gasteiger partial charge in [-0.2, -0.15) is 0 Å². The summed E-state index contributed by atoms with van der Waals surface area (Å²) in [5, 5.41) is 8.15. The lowest BCUT2D eigenvalue weighted by atomic mass is 10.0. The quantitative estimate of drug-likeness (QED) is 0.795. The Balaban J connectivity index is 1.62. The fourth-order valence-electron chi connectivity index (χ4n) is 2.50. The molecule has 2 N–H and O–H groups in total. The largest absolute Gasteiger partial charge is 0.359 e. The van der Waals surface area contributed by atoms with Crippen LogP contribution >= 0.6 is 35.6 Å². The van der Waals surface area contributed by atoms with E-state index in [4.69, 9.17) is 23.8 Å². The van der Waals surface area contributed by atoms with Crippen molar-refractivity contribution in [2.24, 2.45) is 0 Å². The highest BCUT2D eigenvalue weighted by Crippen LogP contribution is 2.37. The number of benzene rings is 2. The second-order valence-electron chi connectivity index (χ2n) is 5.18. The zero-order chi connectivity index (χ0) is 15.4. The lowest BCUT2D eigenvalue weighted by molar-refractivity contribution is 0.603. The Morgan fingerprint density at radius 2 is 2.05 bits per heavy atom. The highest BCUT2D eigenvalue weighted by atomic mass is 35.5. The van der Waals surface area contributed by atoms with Gasteiger partial charge in [0.1, 0.15) is 0 Å². The predicted octanol–water partition coefficient (Wildman–Crippen LogP) is 4.54. The molecule has 3 rings (SSSR count). The summed E-state index contributed by atoms with van der Waals surface area (Å²) in [5.74, 6) is 1.09. The SMILES string of the molecule is S=C(NCc1ccccc1)N[C@@H]1CCSc2ccc(Cl)cc21. The Bertz CT molecular complexity index is 661. The van der Waals surface area contributed by atoms with Crippen LogP contribution in [0.4, 0.5) is 0 Å². The van der Waals surface area contributed by atoms with Crippen LogP contribution in [-0.4, -0.2) is 10.9 Å². The summed E-state index contributed by atoms with van der Waals surface area (Å²) in [4.78, 5) is 1.29. The maximum absolute atomic E-state index is 6.13. The van der Waals surface area contributed by atoms with E-state index in [1.165, 1.54) is 16.0 Å². The van der Waals surface area contributed by atoms with Gasteiger partial charge in [-0.1, -0.05) is 41.9 Å². The minimum atomic E-state index is 0.228. The van der Waals surface area contributed by atoms with Crippen LogP contribution in [0.15, 0.2) is 53.4 Å². The Labute approximate surface area is 145 Å². The molecule has 1 heterocycles. The molecule has 0 radical (unpaired) electrons. The monoisotopic (exact) mass is 348 g/mol.